The number of hydrogen-bond acceptors (Lipinski definition) is 2. The maximum atomic E-state index is 13.9. The largest absolute Gasteiger partial charge is 0.507 e. The maximum absolute atomic E-state index is 13.9. The molecular formula is C14H18FNO2. The molecule has 98 valence electrons. The van der Waals surface area contributed by atoms with Gasteiger partial charge in [0.25, 0.3) is 0 Å². The number of benzene rings is 1. The van der Waals surface area contributed by atoms with E-state index in [1.54, 1.807) is 0 Å². The smallest absolute Gasteiger partial charge is 0.221 e. The summed E-state index contributed by atoms with van der Waals surface area (Å²) in [5, 5.41) is 10.1. The quantitative estimate of drug-likeness (QED) is 0.867. The molecule has 1 aliphatic carbocycles. The molecule has 18 heavy (non-hydrogen) atoms. The lowest BCUT2D eigenvalue weighted by Crippen LogP contribution is -2.15. The van der Waals surface area contributed by atoms with Crippen LogP contribution in [0.3, 0.4) is 0 Å². The van der Waals surface area contributed by atoms with Gasteiger partial charge in [0, 0.05) is 11.1 Å². The van der Waals surface area contributed by atoms with Crippen molar-refractivity contribution in [3.63, 3.8) is 0 Å². The Kier molecular flexibility index (Phi) is 3.84. The van der Waals surface area contributed by atoms with Gasteiger partial charge in [-0.2, -0.15) is 0 Å². The molecule has 0 aromatic heterocycles. The zero-order chi connectivity index (χ0) is 13.1. The normalized spacial score (nSPS) is 16.7. The van der Waals surface area contributed by atoms with Crippen molar-refractivity contribution in [2.24, 2.45) is 5.73 Å². The molecule has 1 aromatic rings. The van der Waals surface area contributed by atoms with E-state index in [1.807, 2.05) is 0 Å². The van der Waals surface area contributed by atoms with E-state index in [2.05, 4.69) is 0 Å². The Morgan fingerprint density at radius 3 is 2.61 bits per heavy atom. The fraction of sp³-hybridized carbons (Fsp3) is 0.500. The molecule has 0 bridgehead atoms. The van der Waals surface area contributed by atoms with Gasteiger partial charge in [-0.15, -0.1) is 0 Å². The first-order valence-electron chi connectivity index (χ1n) is 6.38. The van der Waals surface area contributed by atoms with E-state index < -0.39 is 5.91 Å². The summed E-state index contributed by atoms with van der Waals surface area (Å²) in [7, 11) is 0. The van der Waals surface area contributed by atoms with Gasteiger partial charge in [-0.25, -0.2) is 4.39 Å². The number of primary amides is 1. The van der Waals surface area contributed by atoms with Crippen LogP contribution < -0.4 is 5.73 Å². The van der Waals surface area contributed by atoms with Gasteiger partial charge in [-0.3, -0.25) is 4.79 Å². The molecule has 3 N–H and O–H groups in total. The Balaban J connectivity index is 2.35. The van der Waals surface area contributed by atoms with Crippen molar-refractivity contribution < 1.29 is 14.3 Å². The minimum absolute atomic E-state index is 0.0498. The fourth-order valence-electron chi connectivity index (χ4n) is 2.74. The third-order valence-corrected chi connectivity index (χ3v) is 3.63. The molecule has 3 nitrogen and oxygen atoms in total. The van der Waals surface area contributed by atoms with Gasteiger partial charge in [-0.1, -0.05) is 25.3 Å². The lowest BCUT2D eigenvalue weighted by Gasteiger charge is -2.24. The molecule has 2 rings (SSSR count). The van der Waals surface area contributed by atoms with Crippen LogP contribution in [0.1, 0.15) is 49.1 Å². The van der Waals surface area contributed by atoms with E-state index in [-0.39, 0.29) is 23.9 Å². The third-order valence-electron chi connectivity index (χ3n) is 3.63. The van der Waals surface area contributed by atoms with Crippen molar-refractivity contribution in [3.05, 3.63) is 29.1 Å². The zero-order valence-corrected chi connectivity index (χ0v) is 10.3. The molecule has 0 atom stereocenters. The van der Waals surface area contributed by atoms with E-state index in [0.29, 0.717) is 11.1 Å². The van der Waals surface area contributed by atoms with Crippen LogP contribution in [0.4, 0.5) is 4.39 Å². The molecule has 0 saturated heterocycles. The number of carbonyl (C=O) groups excluding carboxylic acids is 1. The number of halogens is 1. The third kappa shape index (κ3) is 2.63. The summed E-state index contributed by atoms with van der Waals surface area (Å²) in [5.74, 6) is -0.925. The van der Waals surface area contributed by atoms with Gasteiger partial charge >= 0.3 is 0 Å². The molecular weight excluding hydrogens is 233 g/mol. The van der Waals surface area contributed by atoms with Gasteiger partial charge in [0.15, 0.2) is 0 Å². The lowest BCUT2D eigenvalue weighted by atomic mass is 9.82. The summed E-state index contributed by atoms with van der Waals surface area (Å²) in [5.41, 5.74) is 5.91. The van der Waals surface area contributed by atoms with Crippen molar-refractivity contribution in [1.29, 1.82) is 0 Å². The summed E-state index contributed by atoms with van der Waals surface area (Å²) in [6.45, 7) is 0. The van der Waals surface area contributed by atoms with Gasteiger partial charge in [0.2, 0.25) is 5.91 Å². The summed E-state index contributed by atoms with van der Waals surface area (Å²) < 4.78 is 13.9. The highest BCUT2D eigenvalue weighted by Crippen LogP contribution is 2.40. The van der Waals surface area contributed by atoms with E-state index in [0.717, 1.165) is 25.7 Å². The highest BCUT2D eigenvalue weighted by Gasteiger charge is 2.24. The van der Waals surface area contributed by atoms with Crippen molar-refractivity contribution >= 4 is 5.91 Å². The highest BCUT2D eigenvalue weighted by atomic mass is 19.1. The van der Waals surface area contributed by atoms with Crippen LogP contribution in [0, 0.1) is 5.82 Å². The number of nitrogens with two attached hydrogens (primary N) is 1. The van der Waals surface area contributed by atoms with E-state index in [1.165, 1.54) is 18.6 Å². The van der Waals surface area contributed by atoms with E-state index >= 15 is 0 Å². The second-order valence-electron chi connectivity index (χ2n) is 4.95. The van der Waals surface area contributed by atoms with Gasteiger partial charge < -0.3 is 10.8 Å². The Morgan fingerprint density at radius 2 is 2.00 bits per heavy atom. The van der Waals surface area contributed by atoms with Gasteiger partial charge in [-0.05, 0) is 24.8 Å². The van der Waals surface area contributed by atoms with Gasteiger partial charge in [0.1, 0.15) is 11.6 Å². The molecule has 1 aliphatic rings. The zero-order valence-electron chi connectivity index (χ0n) is 10.3. The number of amides is 1. The molecule has 0 unspecified atom stereocenters. The van der Waals surface area contributed by atoms with Crippen molar-refractivity contribution in [2.75, 3.05) is 0 Å². The molecule has 0 heterocycles. The fourth-order valence-corrected chi connectivity index (χ4v) is 2.74. The van der Waals surface area contributed by atoms with E-state index in [9.17, 15) is 14.3 Å². The first-order valence-corrected chi connectivity index (χ1v) is 6.38. The minimum Gasteiger partial charge on any atom is -0.507 e. The highest BCUT2D eigenvalue weighted by molar-refractivity contribution is 5.77. The standard InChI is InChI=1S/C14H18FNO2/c15-11-7-6-10(8-12(16)17)14(18)13(11)9-4-2-1-3-5-9/h6-7,9,18H,1-5,8H2,(H2,16,17). The molecule has 0 spiro atoms. The Morgan fingerprint density at radius 1 is 1.33 bits per heavy atom. The summed E-state index contributed by atoms with van der Waals surface area (Å²) in [6.07, 6.45) is 5.02. The summed E-state index contributed by atoms with van der Waals surface area (Å²) >= 11 is 0. The topological polar surface area (TPSA) is 63.3 Å². The van der Waals surface area contributed by atoms with Crippen LogP contribution >= 0.6 is 0 Å². The summed E-state index contributed by atoms with van der Waals surface area (Å²) in [4.78, 5) is 10.9. The molecule has 4 heteroatoms. The average molecular weight is 251 g/mol. The first-order chi connectivity index (χ1) is 8.59. The lowest BCUT2D eigenvalue weighted by molar-refractivity contribution is -0.117. The number of aromatic hydroxyl groups is 1. The maximum Gasteiger partial charge on any atom is 0.221 e. The molecule has 1 fully saturated rings. The number of carbonyl (C=O) groups is 1. The first kappa shape index (κ1) is 12.9. The number of rotatable bonds is 3. The van der Waals surface area contributed by atoms with Crippen molar-refractivity contribution in [1.82, 2.24) is 0 Å². The predicted octanol–water partition coefficient (Wildman–Crippen LogP) is 2.61. The predicted molar refractivity (Wildman–Crippen MR) is 66.8 cm³/mol. The SMILES string of the molecule is NC(=O)Cc1ccc(F)c(C2CCCCC2)c1O. The second-order valence-corrected chi connectivity index (χ2v) is 4.95. The minimum atomic E-state index is -0.522. The molecule has 1 amide bonds. The van der Waals surface area contributed by atoms with Crippen LogP contribution in [-0.4, -0.2) is 11.0 Å². The molecule has 1 aromatic carbocycles. The van der Waals surface area contributed by atoms with Crippen LogP contribution in [-0.2, 0) is 11.2 Å². The van der Waals surface area contributed by atoms with Gasteiger partial charge in [0.05, 0.1) is 6.42 Å². The Hall–Kier alpha value is -1.58. The number of phenols is 1. The van der Waals surface area contributed by atoms with Crippen LogP contribution in [0.15, 0.2) is 12.1 Å². The van der Waals surface area contributed by atoms with Crippen molar-refractivity contribution in [2.45, 2.75) is 44.4 Å². The van der Waals surface area contributed by atoms with Crippen LogP contribution in [0.2, 0.25) is 0 Å². The van der Waals surface area contributed by atoms with Crippen molar-refractivity contribution in [3.8, 4) is 5.75 Å². The van der Waals surface area contributed by atoms with Crippen LogP contribution in [0.5, 0.6) is 5.75 Å². The Bertz CT molecular complexity index is 453. The summed E-state index contributed by atoms with van der Waals surface area (Å²) in [6, 6.07) is 2.75. The number of phenolic OH excluding ortho intramolecular Hbond substituents is 1. The molecule has 0 aliphatic heterocycles. The second kappa shape index (κ2) is 5.38. The Labute approximate surface area is 106 Å². The monoisotopic (exact) mass is 251 g/mol. The average Bonchev–Trinajstić information content (AvgIpc) is 2.34. The number of hydrogen-bond donors (Lipinski definition) is 2. The molecule has 0 radical (unpaired) electrons. The van der Waals surface area contributed by atoms with E-state index in [4.69, 9.17) is 5.73 Å². The van der Waals surface area contributed by atoms with Crippen LogP contribution in [0.25, 0.3) is 0 Å². The molecule has 1 saturated carbocycles.